The molecule has 0 bridgehead atoms. The molecule has 2 N–H and O–H groups in total. The molecule has 1 aromatic carbocycles. The molecule has 0 radical (unpaired) electrons. The molecule has 2 aromatic rings. The Morgan fingerprint density at radius 2 is 1.88 bits per heavy atom. The number of hydrogen-bond donors (Lipinski definition) is 2. The minimum Gasteiger partial charge on any atom is -0.467 e. The molecular formula is C18H24N2O4S. The van der Waals surface area contributed by atoms with Crippen molar-refractivity contribution in [2.45, 2.75) is 39.1 Å². The summed E-state index contributed by atoms with van der Waals surface area (Å²) in [5.74, 6) is -0.115. The number of amides is 1. The molecule has 25 heavy (non-hydrogen) atoms. The zero-order valence-electron chi connectivity index (χ0n) is 14.7. The van der Waals surface area contributed by atoms with Crippen LogP contribution >= 0.6 is 0 Å². The van der Waals surface area contributed by atoms with Crippen molar-refractivity contribution in [2.75, 3.05) is 0 Å². The minimum atomic E-state index is -3.65. The van der Waals surface area contributed by atoms with Gasteiger partial charge in [0.2, 0.25) is 15.9 Å². The van der Waals surface area contributed by atoms with Gasteiger partial charge in [0, 0.05) is 0 Å². The second-order valence-corrected chi connectivity index (χ2v) is 8.08. The van der Waals surface area contributed by atoms with Crippen LogP contribution < -0.4 is 10.0 Å². The Kier molecular flexibility index (Phi) is 6.39. The quantitative estimate of drug-likeness (QED) is 0.752. The normalized spacial score (nSPS) is 13.0. The highest BCUT2D eigenvalue weighted by atomic mass is 32.2. The second kappa shape index (κ2) is 8.31. The molecule has 1 amide bonds. The van der Waals surface area contributed by atoms with Gasteiger partial charge in [0.25, 0.3) is 0 Å². The van der Waals surface area contributed by atoms with Crippen LogP contribution in [0.4, 0.5) is 0 Å². The fraction of sp³-hybridized carbons (Fsp3) is 0.389. The van der Waals surface area contributed by atoms with Gasteiger partial charge in [-0.15, -0.1) is 0 Å². The van der Waals surface area contributed by atoms with E-state index in [-0.39, 0.29) is 24.1 Å². The summed E-state index contributed by atoms with van der Waals surface area (Å²) in [6, 6.07) is 9.92. The van der Waals surface area contributed by atoms with Crippen LogP contribution in [0.5, 0.6) is 0 Å². The lowest BCUT2D eigenvalue weighted by atomic mass is 10.1. The van der Waals surface area contributed by atoms with Gasteiger partial charge in [0.05, 0.1) is 18.6 Å². The van der Waals surface area contributed by atoms with E-state index < -0.39 is 16.1 Å². The largest absolute Gasteiger partial charge is 0.467 e. The van der Waals surface area contributed by atoms with Gasteiger partial charge < -0.3 is 9.73 Å². The first-order valence-electron chi connectivity index (χ1n) is 8.13. The van der Waals surface area contributed by atoms with Gasteiger partial charge in [-0.05, 0) is 36.1 Å². The molecule has 0 saturated heterocycles. The summed E-state index contributed by atoms with van der Waals surface area (Å²) in [4.78, 5) is 12.4. The standard InChI is InChI=1S/C18H24N2O4S/c1-13(2)17(18(21)19-11-16-9-6-10-24-16)20-25(22,23)12-15-8-5-4-7-14(15)3/h4-10,13,17,20H,11-12H2,1-3H3,(H,19,21)/t17-/m0/s1. The zero-order valence-corrected chi connectivity index (χ0v) is 15.5. The molecule has 0 unspecified atom stereocenters. The number of nitrogens with one attached hydrogen (secondary N) is 2. The third kappa shape index (κ3) is 5.72. The summed E-state index contributed by atoms with van der Waals surface area (Å²) in [6.07, 6.45) is 1.52. The highest BCUT2D eigenvalue weighted by Gasteiger charge is 2.27. The Morgan fingerprint density at radius 3 is 2.48 bits per heavy atom. The monoisotopic (exact) mass is 364 g/mol. The van der Waals surface area contributed by atoms with E-state index >= 15 is 0 Å². The third-order valence-corrected chi connectivity index (χ3v) is 5.18. The zero-order chi connectivity index (χ0) is 18.4. The van der Waals surface area contributed by atoms with Crippen LogP contribution in [0, 0.1) is 12.8 Å². The highest BCUT2D eigenvalue weighted by molar-refractivity contribution is 7.88. The van der Waals surface area contributed by atoms with Gasteiger partial charge in [-0.25, -0.2) is 13.1 Å². The van der Waals surface area contributed by atoms with Crippen LogP contribution in [-0.2, 0) is 27.1 Å². The number of aryl methyl sites for hydroxylation is 1. The number of carbonyl (C=O) groups excluding carboxylic acids is 1. The minimum absolute atomic E-state index is 0.158. The Balaban J connectivity index is 2.04. The van der Waals surface area contributed by atoms with E-state index in [1.165, 1.54) is 6.26 Å². The number of carbonyl (C=O) groups is 1. The van der Waals surface area contributed by atoms with Gasteiger partial charge >= 0.3 is 0 Å². The molecule has 0 spiro atoms. The van der Waals surface area contributed by atoms with Crippen LogP contribution in [0.15, 0.2) is 47.1 Å². The molecule has 2 rings (SSSR count). The summed E-state index contributed by atoms with van der Waals surface area (Å²) in [5, 5.41) is 2.70. The maximum atomic E-state index is 12.5. The number of benzene rings is 1. The van der Waals surface area contributed by atoms with Crippen LogP contribution in [0.2, 0.25) is 0 Å². The Labute approximate surface area is 148 Å². The van der Waals surface area contributed by atoms with E-state index in [0.29, 0.717) is 11.3 Å². The second-order valence-electron chi connectivity index (χ2n) is 6.32. The van der Waals surface area contributed by atoms with Gasteiger partial charge in [-0.1, -0.05) is 38.1 Å². The fourth-order valence-electron chi connectivity index (χ4n) is 2.40. The first kappa shape index (κ1) is 19.2. The number of sulfonamides is 1. The van der Waals surface area contributed by atoms with Crippen molar-refractivity contribution in [3.63, 3.8) is 0 Å². The maximum Gasteiger partial charge on any atom is 0.238 e. The van der Waals surface area contributed by atoms with Crippen LogP contribution in [0.3, 0.4) is 0 Å². The average Bonchev–Trinajstić information content (AvgIpc) is 3.05. The van der Waals surface area contributed by atoms with Gasteiger partial charge in [0.15, 0.2) is 0 Å². The molecule has 0 aliphatic heterocycles. The SMILES string of the molecule is Cc1ccccc1CS(=O)(=O)N[C@H](C(=O)NCc1ccco1)C(C)C. The first-order chi connectivity index (χ1) is 11.8. The van der Waals surface area contributed by atoms with Crippen molar-refractivity contribution in [3.8, 4) is 0 Å². The smallest absolute Gasteiger partial charge is 0.238 e. The third-order valence-electron chi connectivity index (χ3n) is 3.88. The molecule has 0 saturated carbocycles. The van der Waals surface area contributed by atoms with Crippen molar-refractivity contribution in [2.24, 2.45) is 5.92 Å². The maximum absolute atomic E-state index is 12.5. The van der Waals surface area contributed by atoms with Crippen LogP contribution in [0.1, 0.15) is 30.7 Å². The number of hydrogen-bond acceptors (Lipinski definition) is 4. The van der Waals surface area contributed by atoms with Gasteiger partial charge in [-0.3, -0.25) is 4.79 Å². The summed E-state index contributed by atoms with van der Waals surface area (Å²) in [5.41, 5.74) is 1.62. The predicted molar refractivity (Wildman–Crippen MR) is 96.1 cm³/mol. The van der Waals surface area contributed by atoms with Gasteiger partial charge in [-0.2, -0.15) is 0 Å². The molecule has 1 atom stereocenters. The van der Waals surface area contributed by atoms with E-state index in [0.717, 1.165) is 5.56 Å². The lowest BCUT2D eigenvalue weighted by Gasteiger charge is -2.21. The predicted octanol–water partition coefficient (Wildman–Crippen LogP) is 2.35. The van der Waals surface area contributed by atoms with Crippen LogP contribution in [-0.4, -0.2) is 20.4 Å². The summed E-state index contributed by atoms with van der Waals surface area (Å²) < 4.78 is 32.7. The molecule has 0 fully saturated rings. The summed E-state index contributed by atoms with van der Waals surface area (Å²) in [7, 11) is -3.65. The lowest BCUT2D eigenvalue weighted by Crippen LogP contribution is -2.49. The average molecular weight is 364 g/mol. The lowest BCUT2D eigenvalue weighted by molar-refractivity contribution is -0.123. The topological polar surface area (TPSA) is 88.4 Å². The van der Waals surface area contributed by atoms with Crippen molar-refractivity contribution in [1.29, 1.82) is 0 Å². The van der Waals surface area contributed by atoms with Gasteiger partial charge in [0.1, 0.15) is 11.8 Å². The van der Waals surface area contributed by atoms with Crippen LogP contribution in [0.25, 0.3) is 0 Å². The van der Waals surface area contributed by atoms with Crippen molar-refractivity contribution in [1.82, 2.24) is 10.0 Å². The highest BCUT2D eigenvalue weighted by Crippen LogP contribution is 2.13. The van der Waals surface area contributed by atoms with Crippen molar-refractivity contribution in [3.05, 3.63) is 59.5 Å². The Bertz CT molecular complexity index is 798. The van der Waals surface area contributed by atoms with E-state index in [4.69, 9.17) is 4.42 Å². The van der Waals surface area contributed by atoms with E-state index in [9.17, 15) is 13.2 Å². The van der Waals surface area contributed by atoms with E-state index in [1.807, 2.05) is 19.1 Å². The molecule has 0 aliphatic carbocycles. The molecule has 0 aliphatic rings. The van der Waals surface area contributed by atoms with E-state index in [1.54, 1.807) is 38.1 Å². The molecule has 1 heterocycles. The Morgan fingerprint density at radius 1 is 1.16 bits per heavy atom. The van der Waals surface area contributed by atoms with E-state index in [2.05, 4.69) is 10.0 Å². The molecular weight excluding hydrogens is 340 g/mol. The fourth-order valence-corrected chi connectivity index (χ4v) is 3.98. The molecule has 1 aromatic heterocycles. The van der Waals surface area contributed by atoms with Crippen molar-refractivity contribution >= 4 is 15.9 Å². The first-order valence-corrected chi connectivity index (χ1v) is 9.78. The number of furan rings is 1. The summed E-state index contributed by atoms with van der Waals surface area (Å²) >= 11 is 0. The molecule has 6 nitrogen and oxygen atoms in total. The molecule has 136 valence electrons. The summed E-state index contributed by atoms with van der Waals surface area (Å²) in [6.45, 7) is 5.68. The number of rotatable bonds is 8. The Hall–Kier alpha value is -2.12. The van der Waals surface area contributed by atoms with Crippen molar-refractivity contribution < 1.29 is 17.6 Å². The molecule has 7 heteroatoms.